The van der Waals surface area contributed by atoms with Crippen LogP contribution in [0.4, 0.5) is 0 Å². The Kier molecular flexibility index (Phi) is 4.34. The SMILES string of the molecule is CC(C)(C)c1nc(CN(CC2CCCCC2)C2CC2)no1. The van der Waals surface area contributed by atoms with Crippen molar-refractivity contribution in [1.82, 2.24) is 15.0 Å². The van der Waals surface area contributed by atoms with Crippen molar-refractivity contribution in [3.8, 4) is 0 Å². The van der Waals surface area contributed by atoms with E-state index in [2.05, 4.69) is 35.8 Å². The van der Waals surface area contributed by atoms with Gasteiger partial charge in [-0.3, -0.25) is 4.90 Å². The third kappa shape index (κ3) is 4.06. The fourth-order valence-corrected chi connectivity index (χ4v) is 3.29. The standard InChI is InChI=1S/C17H29N3O/c1-17(2,3)16-18-15(19-21-16)12-20(14-9-10-14)11-13-7-5-4-6-8-13/h13-14H,4-12H2,1-3H3. The van der Waals surface area contributed by atoms with Crippen molar-refractivity contribution in [2.75, 3.05) is 6.54 Å². The van der Waals surface area contributed by atoms with Gasteiger partial charge in [0.2, 0.25) is 5.89 Å². The average molecular weight is 291 g/mol. The molecule has 1 aromatic heterocycles. The molecule has 0 aromatic carbocycles. The van der Waals surface area contributed by atoms with Gasteiger partial charge in [0, 0.05) is 18.0 Å². The molecule has 1 aromatic rings. The highest BCUT2D eigenvalue weighted by Crippen LogP contribution is 2.32. The van der Waals surface area contributed by atoms with Crippen LogP contribution in [0.15, 0.2) is 4.52 Å². The van der Waals surface area contributed by atoms with Gasteiger partial charge < -0.3 is 4.52 Å². The Morgan fingerprint density at radius 1 is 1.10 bits per heavy atom. The first-order valence-corrected chi connectivity index (χ1v) is 8.59. The number of aromatic nitrogens is 2. The maximum Gasteiger partial charge on any atom is 0.232 e. The van der Waals surface area contributed by atoms with Crippen LogP contribution < -0.4 is 0 Å². The smallest absolute Gasteiger partial charge is 0.232 e. The molecule has 0 spiro atoms. The minimum atomic E-state index is -0.0565. The highest BCUT2D eigenvalue weighted by Gasteiger charge is 2.32. The fraction of sp³-hybridized carbons (Fsp3) is 0.882. The molecule has 0 radical (unpaired) electrons. The van der Waals surface area contributed by atoms with Crippen LogP contribution in [0.2, 0.25) is 0 Å². The molecule has 2 aliphatic carbocycles. The van der Waals surface area contributed by atoms with Crippen molar-refractivity contribution in [3.05, 3.63) is 11.7 Å². The van der Waals surface area contributed by atoms with Crippen LogP contribution >= 0.6 is 0 Å². The summed E-state index contributed by atoms with van der Waals surface area (Å²) < 4.78 is 5.43. The molecule has 0 bridgehead atoms. The first kappa shape index (κ1) is 15.0. The lowest BCUT2D eigenvalue weighted by Crippen LogP contribution is -2.32. The molecule has 0 unspecified atom stereocenters. The quantitative estimate of drug-likeness (QED) is 0.825. The van der Waals surface area contributed by atoms with Crippen LogP contribution in [0.25, 0.3) is 0 Å². The second kappa shape index (κ2) is 6.07. The van der Waals surface area contributed by atoms with E-state index in [9.17, 15) is 0 Å². The van der Waals surface area contributed by atoms with Gasteiger partial charge in [-0.15, -0.1) is 0 Å². The van der Waals surface area contributed by atoms with Crippen LogP contribution in [-0.4, -0.2) is 27.6 Å². The third-order valence-corrected chi connectivity index (χ3v) is 4.73. The lowest BCUT2D eigenvalue weighted by Gasteiger charge is -2.28. The largest absolute Gasteiger partial charge is 0.339 e. The zero-order chi connectivity index (χ0) is 14.9. The molecule has 2 saturated carbocycles. The summed E-state index contributed by atoms with van der Waals surface area (Å²) in [6.45, 7) is 8.44. The highest BCUT2D eigenvalue weighted by molar-refractivity contribution is 4.99. The van der Waals surface area contributed by atoms with E-state index in [1.54, 1.807) is 0 Å². The van der Waals surface area contributed by atoms with Crippen LogP contribution in [0.1, 0.15) is 77.4 Å². The molecule has 2 aliphatic rings. The lowest BCUT2D eigenvalue weighted by molar-refractivity contribution is 0.180. The summed E-state index contributed by atoms with van der Waals surface area (Å²) in [4.78, 5) is 7.21. The number of hydrogen-bond donors (Lipinski definition) is 0. The molecule has 0 aliphatic heterocycles. The summed E-state index contributed by atoms with van der Waals surface area (Å²) in [5.41, 5.74) is -0.0565. The Hall–Kier alpha value is -0.900. The van der Waals surface area contributed by atoms with E-state index in [4.69, 9.17) is 4.52 Å². The normalized spacial score (nSPS) is 21.1. The number of hydrogen-bond acceptors (Lipinski definition) is 4. The minimum absolute atomic E-state index is 0.0565. The molecule has 3 rings (SSSR count). The van der Waals surface area contributed by atoms with Crippen molar-refractivity contribution in [2.24, 2.45) is 5.92 Å². The van der Waals surface area contributed by atoms with Gasteiger partial charge in [0.05, 0.1) is 6.54 Å². The second-order valence-corrected chi connectivity index (χ2v) is 7.93. The van der Waals surface area contributed by atoms with Crippen molar-refractivity contribution in [1.29, 1.82) is 0 Å². The molecule has 0 saturated heterocycles. The highest BCUT2D eigenvalue weighted by atomic mass is 16.5. The Balaban J connectivity index is 1.61. The molecule has 4 nitrogen and oxygen atoms in total. The summed E-state index contributed by atoms with van der Waals surface area (Å²) in [5, 5.41) is 4.20. The Labute approximate surface area is 128 Å². The molecular weight excluding hydrogens is 262 g/mol. The number of rotatable bonds is 5. The van der Waals surface area contributed by atoms with Gasteiger partial charge in [-0.1, -0.05) is 45.2 Å². The van der Waals surface area contributed by atoms with Gasteiger partial charge in [0.25, 0.3) is 0 Å². The predicted octanol–water partition coefficient (Wildman–Crippen LogP) is 3.91. The van der Waals surface area contributed by atoms with Crippen LogP contribution in [0.5, 0.6) is 0 Å². The maximum atomic E-state index is 5.43. The van der Waals surface area contributed by atoms with Gasteiger partial charge in [-0.05, 0) is 31.6 Å². The van der Waals surface area contributed by atoms with Gasteiger partial charge >= 0.3 is 0 Å². The fourth-order valence-electron chi connectivity index (χ4n) is 3.29. The Morgan fingerprint density at radius 2 is 1.81 bits per heavy atom. The first-order chi connectivity index (χ1) is 10.0. The van der Waals surface area contributed by atoms with Crippen LogP contribution in [0, 0.1) is 5.92 Å². The molecule has 0 N–H and O–H groups in total. The Morgan fingerprint density at radius 3 is 2.38 bits per heavy atom. The predicted molar refractivity (Wildman–Crippen MR) is 83.0 cm³/mol. The summed E-state index contributed by atoms with van der Waals surface area (Å²) in [6.07, 6.45) is 9.76. The molecule has 118 valence electrons. The molecule has 21 heavy (non-hydrogen) atoms. The summed E-state index contributed by atoms with van der Waals surface area (Å²) in [5.74, 6) is 2.50. The maximum absolute atomic E-state index is 5.43. The van der Waals surface area contributed by atoms with E-state index in [0.717, 1.165) is 30.2 Å². The van der Waals surface area contributed by atoms with E-state index >= 15 is 0 Å². The summed E-state index contributed by atoms with van der Waals surface area (Å²) in [7, 11) is 0. The zero-order valence-corrected chi connectivity index (χ0v) is 13.8. The van der Waals surface area contributed by atoms with Gasteiger partial charge in [-0.2, -0.15) is 4.98 Å². The van der Waals surface area contributed by atoms with Crippen molar-refractivity contribution in [3.63, 3.8) is 0 Å². The van der Waals surface area contributed by atoms with Gasteiger partial charge in [-0.25, -0.2) is 0 Å². The van der Waals surface area contributed by atoms with E-state index in [0.29, 0.717) is 0 Å². The van der Waals surface area contributed by atoms with E-state index in [-0.39, 0.29) is 5.41 Å². The molecular formula is C17H29N3O. The zero-order valence-electron chi connectivity index (χ0n) is 13.8. The van der Waals surface area contributed by atoms with Gasteiger partial charge in [0.1, 0.15) is 0 Å². The molecule has 0 amide bonds. The van der Waals surface area contributed by atoms with Crippen LogP contribution in [-0.2, 0) is 12.0 Å². The van der Waals surface area contributed by atoms with E-state index in [1.165, 1.54) is 51.5 Å². The third-order valence-electron chi connectivity index (χ3n) is 4.73. The van der Waals surface area contributed by atoms with Gasteiger partial charge in [0.15, 0.2) is 5.82 Å². The van der Waals surface area contributed by atoms with E-state index < -0.39 is 0 Å². The van der Waals surface area contributed by atoms with Crippen molar-refractivity contribution in [2.45, 2.75) is 83.7 Å². The summed E-state index contributed by atoms with van der Waals surface area (Å²) in [6, 6.07) is 0.767. The average Bonchev–Trinajstić information content (AvgIpc) is 3.17. The molecule has 1 heterocycles. The lowest BCUT2D eigenvalue weighted by atomic mass is 9.89. The Bertz CT molecular complexity index is 453. The second-order valence-electron chi connectivity index (χ2n) is 7.93. The molecule has 0 atom stereocenters. The van der Waals surface area contributed by atoms with E-state index in [1.807, 2.05) is 0 Å². The monoisotopic (exact) mass is 291 g/mol. The minimum Gasteiger partial charge on any atom is -0.339 e. The molecule has 2 fully saturated rings. The first-order valence-electron chi connectivity index (χ1n) is 8.59. The van der Waals surface area contributed by atoms with Crippen molar-refractivity contribution < 1.29 is 4.52 Å². The summed E-state index contributed by atoms with van der Waals surface area (Å²) >= 11 is 0. The number of nitrogens with zero attached hydrogens (tertiary/aromatic N) is 3. The van der Waals surface area contributed by atoms with Crippen molar-refractivity contribution >= 4 is 0 Å². The van der Waals surface area contributed by atoms with Crippen LogP contribution in [0.3, 0.4) is 0 Å². The molecule has 4 heteroatoms. The topological polar surface area (TPSA) is 42.2 Å².